The van der Waals surface area contributed by atoms with Gasteiger partial charge in [0, 0.05) is 35.7 Å². The molecule has 20 heavy (non-hydrogen) atoms. The average Bonchev–Trinajstić information content (AvgIpc) is 3.07. The van der Waals surface area contributed by atoms with E-state index in [0.29, 0.717) is 24.2 Å². The Bertz CT molecular complexity index is 381. The highest BCUT2D eigenvalue weighted by atomic mass is 32.2. The molecule has 0 aromatic carbocycles. The highest BCUT2D eigenvalue weighted by molar-refractivity contribution is 7.85. The van der Waals surface area contributed by atoms with Gasteiger partial charge >= 0.3 is 5.97 Å². The first kappa shape index (κ1) is 15.9. The molecule has 0 spiro atoms. The van der Waals surface area contributed by atoms with Crippen molar-refractivity contribution in [1.82, 2.24) is 4.90 Å². The number of nitrogens with zero attached hydrogens (tertiary/aromatic N) is 1. The maximum Gasteiger partial charge on any atom is 0.303 e. The van der Waals surface area contributed by atoms with Gasteiger partial charge in [-0.1, -0.05) is 0 Å². The summed E-state index contributed by atoms with van der Waals surface area (Å²) < 4.78 is 17.9. The average molecular weight is 303 g/mol. The van der Waals surface area contributed by atoms with Gasteiger partial charge in [-0.05, 0) is 32.1 Å². The Kier molecular flexibility index (Phi) is 5.20. The maximum atomic E-state index is 12.2. The molecule has 6 heteroatoms. The van der Waals surface area contributed by atoms with Gasteiger partial charge in [0.2, 0.25) is 0 Å². The van der Waals surface area contributed by atoms with Crippen molar-refractivity contribution in [3.63, 3.8) is 0 Å². The molecule has 0 bridgehead atoms. The van der Waals surface area contributed by atoms with Crippen LogP contribution < -0.4 is 0 Å². The summed E-state index contributed by atoms with van der Waals surface area (Å²) in [6.45, 7) is 6.77. The van der Waals surface area contributed by atoms with Crippen LogP contribution in [0.25, 0.3) is 0 Å². The van der Waals surface area contributed by atoms with Crippen molar-refractivity contribution in [2.45, 2.75) is 45.3 Å². The zero-order chi connectivity index (χ0) is 14.8. The molecule has 1 aliphatic carbocycles. The molecule has 1 N–H and O–H groups in total. The zero-order valence-electron chi connectivity index (χ0n) is 12.3. The lowest BCUT2D eigenvalue weighted by molar-refractivity contribution is -0.138. The number of aliphatic carboxylic acids is 1. The van der Waals surface area contributed by atoms with Crippen molar-refractivity contribution >= 4 is 16.8 Å². The highest BCUT2D eigenvalue weighted by Crippen LogP contribution is 2.49. The summed E-state index contributed by atoms with van der Waals surface area (Å²) in [6.07, 6.45) is 1.97. The Morgan fingerprint density at radius 2 is 2.20 bits per heavy atom. The topological polar surface area (TPSA) is 66.8 Å². The van der Waals surface area contributed by atoms with Crippen molar-refractivity contribution in [2.24, 2.45) is 5.41 Å². The van der Waals surface area contributed by atoms with Crippen molar-refractivity contribution < 1.29 is 18.8 Å². The van der Waals surface area contributed by atoms with Crippen LogP contribution in [0.5, 0.6) is 0 Å². The van der Waals surface area contributed by atoms with Crippen LogP contribution in [0.4, 0.5) is 0 Å². The van der Waals surface area contributed by atoms with Crippen molar-refractivity contribution in [3.05, 3.63) is 0 Å². The molecule has 0 radical (unpaired) electrons. The predicted octanol–water partition coefficient (Wildman–Crippen LogP) is 1.10. The largest absolute Gasteiger partial charge is 0.481 e. The van der Waals surface area contributed by atoms with Crippen LogP contribution in [0, 0.1) is 5.41 Å². The lowest BCUT2D eigenvalue weighted by Gasteiger charge is -2.35. The Morgan fingerprint density at radius 3 is 2.75 bits per heavy atom. The normalized spacial score (nSPS) is 27.4. The van der Waals surface area contributed by atoms with E-state index in [1.165, 1.54) is 0 Å². The van der Waals surface area contributed by atoms with Crippen LogP contribution in [0.15, 0.2) is 0 Å². The third-order valence-corrected chi connectivity index (χ3v) is 5.90. The molecule has 0 aromatic heterocycles. The quantitative estimate of drug-likeness (QED) is 0.763. The van der Waals surface area contributed by atoms with Gasteiger partial charge in [0.25, 0.3) is 0 Å². The van der Waals surface area contributed by atoms with E-state index in [-0.39, 0.29) is 17.9 Å². The second kappa shape index (κ2) is 6.54. The molecule has 2 fully saturated rings. The van der Waals surface area contributed by atoms with Crippen molar-refractivity contribution in [1.29, 1.82) is 0 Å². The zero-order valence-corrected chi connectivity index (χ0v) is 13.2. The van der Waals surface area contributed by atoms with Gasteiger partial charge in [-0.3, -0.25) is 13.9 Å². The van der Waals surface area contributed by atoms with E-state index in [2.05, 4.69) is 18.7 Å². The number of morpholine rings is 1. The summed E-state index contributed by atoms with van der Waals surface area (Å²) in [6, 6.07) is 0.483. The third-order valence-electron chi connectivity index (χ3n) is 4.22. The number of carboxylic acids is 1. The molecular weight excluding hydrogens is 278 g/mol. The third kappa shape index (κ3) is 4.53. The summed E-state index contributed by atoms with van der Waals surface area (Å²) in [5, 5.41) is 8.89. The molecule has 0 aromatic rings. The molecule has 1 saturated heterocycles. The van der Waals surface area contributed by atoms with Crippen molar-refractivity contribution in [3.8, 4) is 0 Å². The Balaban J connectivity index is 1.78. The fourth-order valence-corrected chi connectivity index (χ4v) is 4.60. The Morgan fingerprint density at radius 1 is 1.50 bits per heavy atom. The summed E-state index contributed by atoms with van der Waals surface area (Å²) in [5.74, 6) is 0.269. The monoisotopic (exact) mass is 303 g/mol. The minimum absolute atomic E-state index is 0.0209. The predicted molar refractivity (Wildman–Crippen MR) is 78.2 cm³/mol. The van der Waals surface area contributed by atoms with Crippen LogP contribution in [0.3, 0.4) is 0 Å². The van der Waals surface area contributed by atoms with Gasteiger partial charge in [0.05, 0.1) is 24.9 Å². The summed E-state index contributed by atoms with van der Waals surface area (Å²) >= 11 is 0. The van der Waals surface area contributed by atoms with E-state index in [0.717, 1.165) is 25.9 Å². The number of carbonyl (C=O) groups is 1. The molecule has 2 atom stereocenters. The first-order valence-electron chi connectivity index (χ1n) is 7.33. The molecule has 116 valence electrons. The van der Waals surface area contributed by atoms with Crippen LogP contribution >= 0.6 is 0 Å². The molecule has 2 rings (SSSR count). The van der Waals surface area contributed by atoms with Gasteiger partial charge in [-0.15, -0.1) is 0 Å². The molecule has 2 aliphatic rings. The first-order chi connectivity index (χ1) is 9.40. The van der Waals surface area contributed by atoms with E-state index < -0.39 is 16.8 Å². The van der Waals surface area contributed by atoms with Crippen LogP contribution in [-0.2, 0) is 20.3 Å². The maximum absolute atomic E-state index is 12.2. The van der Waals surface area contributed by atoms with Gasteiger partial charge in [0.15, 0.2) is 0 Å². The SMILES string of the molecule is CC(C)N1CCOC(CS(=O)CC2(CC(=O)O)CC2)C1. The van der Waals surface area contributed by atoms with E-state index in [4.69, 9.17) is 9.84 Å². The molecule has 5 nitrogen and oxygen atoms in total. The number of hydrogen-bond acceptors (Lipinski definition) is 4. The number of carboxylic acid groups (broad SMARTS) is 1. The smallest absolute Gasteiger partial charge is 0.303 e. The summed E-state index contributed by atoms with van der Waals surface area (Å²) in [7, 11) is -0.984. The summed E-state index contributed by atoms with van der Waals surface area (Å²) in [5.41, 5.74) is -0.191. The van der Waals surface area contributed by atoms with Gasteiger partial charge < -0.3 is 9.84 Å². The summed E-state index contributed by atoms with van der Waals surface area (Å²) in [4.78, 5) is 13.2. The van der Waals surface area contributed by atoms with Gasteiger partial charge in [-0.2, -0.15) is 0 Å². The highest BCUT2D eigenvalue weighted by Gasteiger charge is 2.45. The molecule has 1 heterocycles. The van der Waals surface area contributed by atoms with Gasteiger partial charge in [0.1, 0.15) is 0 Å². The van der Waals surface area contributed by atoms with E-state index in [1.54, 1.807) is 0 Å². The van der Waals surface area contributed by atoms with Crippen LogP contribution in [-0.4, -0.2) is 63.5 Å². The standard InChI is InChI=1S/C14H25NO4S/c1-11(2)15-5-6-19-12(8-15)9-20(18)10-14(3-4-14)7-13(16)17/h11-12H,3-10H2,1-2H3,(H,16,17). The second-order valence-corrected chi connectivity index (χ2v) is 7.90. The molecule has 1 saturated carbocycles. The van der Waals surface area contributed by atoms with E-state index in [9.17, 15) is 9.00 Å². The van der Waals surface area contributed by atoms with Crippen molar-refractivity contribution in [2.75, 3.05) is 31.2 Å². The van der Waals surface area contributed by atoms with E-state index in [1.807, 2.05) is 0 Å². The second-order valence-electron chi connectivity index (χ2n) is 6.40. The lowest BCUT2D eigenvalue weighted by atomic mass is 10.1. The molecule has 2 unspecified atom stereocenters. The Labute approximate surface area is 123 Å². The molecule has 1 aliphatic heterocycles. The van der Waals surface area contributed by atoms with Gasteiger partial charge in [-0.25, -0.2) is 0 Å². The number of ether oxygens (including phenoxy) is 1. The Hall–Kier alpha value is -0.460. The number of rotatable bonds is 7. The minimum Gasteiger partial charge on any atom is -0.481 e. The number of hydrogen-bond donors (Lipinski definition) is 1. The van der Waals surface area contributed by atoms with Crippen LogP contribution in [0.1, 0.15) is 33.1 Å². The minimum atomic E-state index is -0.984. The molecule has 0 amide bonds. The fraction of sp³-hybridized carbons (Fsp3) is 0.929. The molecular formula is C14H25NO4S. The lowest BCUT2D eigenvalue weighted by Crippen LogP contribution is -2.47. The fourth-order valence-electron chi connectivity index (χ4n) is 2.79. The van der Waals surface area contributed by atoms with E-state index >= 15 is 0 Å². The first-order valence-corrected chi connectivity index (χ1v) is 8.81. The van der Waals surface area contributed by atoms with Crippen LogP contribution in [0.2, 0.25) is 0 Å².